The van der Waals surface area contributed by atoms with Crippen LogP contribution in [0, 0.1) is 6.92 Å². The second kappa shape index (κ2) is 3.01. The van der Waals surface area contributed by atoms with Gasteiger partial charge in [0, 0.05) is 10.8 Å². The molecule has 0 fully saturated rings. The molecule has 0 saturated carbocycles. The van der Waals surface area contributed by atoms with Crippen LogP contribution in [0.1, 0.15) is 5.69 Å². The minimum atomic E-state index is 0.730. The number of aromatic nitrogens is 4. The number of rotatable bonds is 0. The SMILES string of the molecule is Cc1csc2nc3nc4ccccc4c-3nn12. The van der Waals surface area contributed by atoms with Crippen LogP contribution in [0.25, 0.3) is 27.4 Å². The van der Waals surface area contributed by atoms with Gasteiger partial charge in [0.1, 0.15) is 5.69 Å². The van der Waals surface area contributed by atoms with Crippen LogP contribution in [0.3, 0.4) is 0 Å². The van der Waals surface area contributed by atoms with E-state index in [1.807, 2.05) is 35.7 Å². The van der Waals surface area contributed by atoms with Crippen LogP contribution in [0.15, 0.2) is 29.6 Å². The van der Waals surface area contributed by atoms with Crippen LogP contribution < -0.4 is 0 Å². The summed E-state index contributed by atoms with van der Waals surface area (Å²) in [6.07, 6.45) is 0. The quantitative estimate of drug-likeness (QED) is 0.474. The van der Waals surface area contributed by atoms with Crippen molar-refractivity contribution in [2.45, 2.75) is 6.92 Å². The number of hydrogen-bond donors (Lipinski definition) is 0. The first-order chi connectivity index (χ1) is 8.33. The van der Waals surface area contributed by atoms with Gasteiger partial charge in [0.05, 0.1) is 11.2 Å². The predicted molar refractivity (Wildman–Crippen MR) is 67.5 cm³/mol. The van der Waals surface area contributed by atoms with Crippen molar-refractivity contribution in [2.75, 3.05) is 0 Å². The molecule has 0 radical (unpaired) electrons. The van der Waals surface area contributed by atoms with E-state index in [4.69, 9.17) is 0 Å². The van der Waals surface area contributed by atoms with Crippen molar-refractivity contribution in [1.82, 2.24) is 19.6 Å². The Labute approximate surface area is 101 Å². The molecule has 0 unspecified atom stereocenters. The molecule has 0 spiro atoms. The van der Waals surface area contributed by atoms with Crippen LogP contribution in [-0.2, 0) is 0 Å². The molecule has 0 N–H and O–H groups in total. The van der Waals surface area contributed by atoms with Gasteiger partial charge < -0.3 is 0 Å². The Kier molecular flexibility index (Phi) is 1.61. The van der Waals surface area contributed by atoms with E-state index in [0.29, 0.717) is 0 Å². The first-order valence-electron chi connectivity index (χ1n) is 5.32. The molecule has 2 aliphatic rings. The van der Waals surface area contributed by atoms with Crippen molar-refractivity contribution in [3.63, 3.8) is 0 Å². The van der Waals surface area contributed by atoms with Gasteiger partial charge in [-0.1, -0.05) is 18.2 Å². The first kappa shape index (κ1) is 9.07. The molecule has 1 aromatic carbocycles. The average molecular weight is 240 g/mol. The molecule has 0 amide bonds. The highest BCUT2D eigenvalue weighted by Crippen LogP contribution is 2.28. The van der Waals surface area contributed by atoms with Gasteiger partial charge in [-0.25, -0.2) is 9.50 Å². The first-order valence-corrected chi connectivity index (χ1v) is 6.20. The lowest BCUT2D eigenvalue weighted by atomic mass is 10.2. The summed E-state index contributed by atoms with van der Waals surface area (Å²) in [5.41, 5.74) is 2.93. The molecule has 0 atom stereocenters. The molecule has 4 nitrogen and oxygen atoms in total. The topological polar surface area (TPSA) is 43.1 Å². The standard InChI is InChI=1S/C12H8N4S/c1-7-6-17-12-14-11-10(15-16(7)12)8-4-2-3-5-9(8)13-11/h2-6H,1H3. The number of benzene rings is 1. The van der Waals surface area contributed by atoms with E-state index in [1.165, 1.54) is 0 Å². The zero-order valence-corrected chi connectivity index (χ0v) is 9.90. The Morgan fingerprint density at radius 3 is 3.00 bits per heavy atom. The van der Waals surface area contributed by atoms with Gasteiger partial charge in [0.2, 0.25) is 4.96 Å². The van der Waals surface area contributed by atoms with Crippen molar-refractivity contribution in [3.05, 3.63) is 35.3 Å². The fourth-order valence-electron chi connectivity index (χ4n) is 2.01. The Hall–Kier alpha value is -2.01. The van der Waals surface area contributed by atoms with Gasteiger partial charge in [-0.05, 0) is 13.0 Å². The number of para-hydroxylation sites is 1. The molecule has 0 bridgehead atoms. The van der Waals surface area contributed by atoms with Gasteiger partial charge in [-0.3, -0.25) is 0 Å². The van der Waals surface area contributed by atoms with E-state index in [0.717, 1.165) is 33.1 Å². The molecular formula is C12H8N4S. The van der Waals surface area contributed by atoms with E-state index in [-0.39, 0.29) is 0 Å². The molecule has 1 aromatic heterocycles. The Morgan fingerprint density at radius 1 is 1.18 bits per heavy atom. The van der Waals surface area contributed by atoms with Crippen molar-refractivity contribution in [2.24, 2.45) is 0 Å². The second-order valence-electron chi connectivity index (χ2n) is 3.98. The van der Waals surface area contributed by atoms with Crippen molar-refractivity contribution in [1.29, 1.82) is 0 Å². The Morgan fingerprint density at radius 2 is 2.06 bits per heavy atom. The largest absolute Gasteiger partial charge is 0.226 e. The molecule has 2 aromatic rings. The molecule has 0 aliphatic carbocycles. The lowest BCUT2D eigenvalue weighted by Gasteiger charge is -1.99. The van der Waals surface area contributed by atoms with Gasteiger partial charge in [0.15, 0.2) is 5.82 Å². The zero-order chi connectivity index (χ0) is 11.4. The molecule has 2 aliphatic heterocycles. The summed E-state index contributed by atoms with van der Waals surface area (Å²) < 4.78 is 1.88. The molecular weight excluding hydrogens is 232 g/mol. The van der Waals surface area contributed by atoms with Crippen molar-refractivity contribution in [3.8, 4) is 11.5 Å². The number of fused-ring (bicyclic) bond motifs is 4. The third kappa shape index (κ3) is 1.14. The highest BCUT2D eigenvalue weighted by molar-refractivity contribution is 7.15. The third-order valence-corrected chi connectivity index (χ3v) is 3.78. The fraction of sp³-hybridized carbons (Fsp3) is 0.0833. The minimum absolute atomic E-state index is 0.730. The summed E-state index contributed by atoms with van der Waals surface area (Å²) in [6.45, 7) is 2.03. The van der Waals surface area contributed by atoms with Crippen LogP contribution in [-0.4, -0.2) is 19.6 Å². The number of hydrogen-bond acceptors (Lipinski definition) is 4. The van der Waals surface area contributed by atoms with Crippen LogP contribution in [0.5, 0.6) is 0 Å². The summed E-state index contributed by atoms with van der Waals surface area (Å²) >= 11 is 1.59. The summed E-state index contributed by atoms with van der Waals surface area (Å²) in [7, 11) is 0. The average Bonchev–Trinajstić information content (AvgIpc) is 2.88. The molecule has 4 rings (SSSR count). The monoisotopic (exact) mass is 240 g/mol. The molecule has 0 saturated heterocycles. The Bertz CT molecular complexity index is 814. The maximum absolute atomic E-state index is 4.63. The minimum Gasteiger partial charge on any atom is -0.226 e. The maximum Gasteiger partial charge on any atom is 0.212 e. The van der Waals surface area contributed by atoms with Crippen molar-refractivity contribution < 1.29 is 0 Å². The second-order valence-corrected chi connectivity index (χ2v) is 4.82. The van der Waals surface area contributed by atoms with E-state index in [1.54, 1.807) is 11.3 Å². The van der Waals surface area contributed by atoms with Gasteiger partial charge in [-0.2, -0.15) is 10.1 Å². The summed E-state index contributed by atoms with van der Waals surface area (Å²) in [5.74, 6) is 0.730. The molecule has 17 heavy (non-hydrogen) atoms. The lowest BCUT2D eigenvalue weighted by Crippen LogP contribution is -1.99. The van der Waals surface area contributed by atoms with E-state index < -0.39 is 0 Å². The number of aryl methyl sites for hydroxylation is 1. The predicted octanol–water partition coefficient (Wildman–Crippen LogP) is 2.75. The van der Waals surface area contributed by atoms with Crippen LogP contribution >= 0.6 is 11.3 Å². The van der Waals surface area contributed by atoms with Crippen LogP contribution in [0.2, 0.25) is 0 Å². The number of nitrogens with zero attached hydrogens (tertiary/aromatic N) is 4. The zero-order valence-electron chi connectivity index (χ0n) is 9.08. The highest BCUT2D eigenvalue weighted by Gasteiger charge is 2.16. The highest BCUT2D eigenvalue weighted by atomic mass is 32.1. The maximum atomic E-state index is 4.63. The smallest absolute Gasteiger partial charge is 0.212 e. The molecule has 5 heteroatoms. The van der Waals surface area contributed by atoms with E-state index in [2.05, 4.69) is 20.4 Å². The Balaban J connectivity index is 2.26. The van der Waals surface area contributed by atoms with E-state index >= 15 is 0 Å². The van der Waals surface area contributed by atoms with Gasteiger partial charge in [0.25, 0.3) is 0 Å². The van der Waals surface area contributed by atoms with Crippen LogP contribution in [0.4, 0.5) is 0 Å². The number of thiazole rings is 1. The summed E-state index contributed by atoms with van der Waals surface area (Å²) in [6, 6.07) is 8.01. The molecule has 82 valence electrons. The summed E-state index contributed by atoms with van der Waals surface area (Å²) in [5, 5.41) is 7.74. The van der Waals surface area contributed by atoms with Crippen molar-refractivity contribution >= 4 is 27.2 Å². The fourth-order valence-corrected chi connectivity index (χ4v) is 2.81. The van der Waals surface area contributed by atoms with Gasteiger partial charge in [-0.15, -0.1) is 11.3 Å². The lowest BCUT2D eigenvalue weighted by molar-refractivity contribution is 0.884. The van der Waals surface area contributed by atoms with Gasteiger partial charge >= 0.3 is 0 Å². The molecule has 3 heterocycles. The normalized spacial score (nSPS) is 11.8. The summed E-state index contributed by atoms with van der Waals surface area (Å²) in [4.78, 5) is 9.92. The third-order valence-electron chi connectivity index (χ3n) is 2.85. The van der Waals surface area contributed by atoms with E-state index in [9.17, 15) is 0 Å².